The number of carboxylic acid groups (broad SMARTS) is 1. The standard InChI is InChI=1S/C12H15Cl2NO4S/c1-3-15(7-8(2)12(16)17)20(18,19)11-5-9(13)4-10(14)6-11/h4-6,8H,3,7H2,1-2H3,(H,16,17). The molecule has 1 aromatic carbocycles. The number of benzene rings is 1. The van der Waals surface area contributed by atoms with Crippen molar-refractivity contribution in [1.82, 2.24) is 4.31 Å². The Kier molecular flexibility index (Phi) is 5.82. The number of sulfonamides is 1. The van der Waals surface area contributed by atoms with Gasteiger partial charge in [-0.1, -0.05) is 37.0 Å². The molecule has 0 amide bonds. The lowest BCUT2D eigenvalue weighted by atomic mass is 10.2. The van der Waals surface area contributed by atoms with Crippen LogP contribution in [0.25, 0.3) is 0 Å². The van der Waals surface area contributed by atoms with Crippen molar-refractivity contribution in [2.75, 3.05) is 13.1 Å². The average Bonchev–Trinajstić information content (AvgIpc) is 2.33. The fourth-order valence-corrected chi connectivity index (χ4v) is 3.87. The molecule has 0 bridgehead atoms. The van der Waals surface area contributed by atoms with Crippen molar-refractivity contribution in [3.8, 4) is 0 Å². The number of halogens is 2. The Morgan fingerprint density at radius 3 is 2.20 bits per heavy atom. The lowest BCUT2D eigenvalue weighted by Crippen LogP contribution is -2.36. The third-order valence-corrected chi connectivity index (χ3v) is 5.08. The van der Waals surface area contributed by atoms with Gasteiger partial charge in [0, 0.05) is 23.1 Å². The first-order chi connectivity index (χ1) is 9.18. The molecule has 0 heterocycles. The second-order valence-electron chi connectivity index (χ2n) is 4.30. The van der Waals surface area contributed by atoms with Crippen molar-refractivity contribution in [3.05, 3.63) is 28.2 Å². The molecule has 0 saturated carbocycles. The fourth-order valence-electron chi connectivity index (χ4n) is 1.61. The third kappa shape index (κ3) is 4.09. The highest BCUT2D eigenvalue weighted by molar-refractivity contribution is 7.89. The second kappa shape index (κ2) is 6.76. The minimum Gasteiger partial charge on any atom is -0.481 e. The van der Waals surface area contributed by atoms with Crippen molar-refractivity contribution >= 4 is 39.2 Å². The Hall–Kier alpha value is -0.820. The number of nitrogens with zero attached hydrogens (tertiary/aromatic N) is 1. The molecule has 0 fully saturated rings. The van der Waals surface area contributed by atoms with Crippen LogP contribution in [0.2, 0.25) is 10.0 Å². The molecule has 0 aliphatic rings. The molecule has 0 aliphatic heterocycles. The van der Waals surface area contributed by atoms with Crippen LogP contribution < -0.4 is 0 Å². The molecule has 1 aromatic rings. The highest BCUT2D eigenvalue weighted by Crippen LogP contribution is 2.25. The van der Waals surface area contributed by atoms with Gasteiger partial charge in [-0.3, -0.25) is 4.79 Å². The Balaban J connectivity index is 3.15. The number of carboxylic acids is 1. The van der Waals surface area contributed by atoms with Gasteiger partial charge in [0.1, 0.15) is 0 Å². The van der Waals surface area contributed by atoms with E-state index in [2.05, 4.69) is 0 Å². The molecule has 1 unspecified atom stereocenters. The van der Waals surface area contributed by atoms with E-state index >= 15 is 0 Å². The van der Waals surface area contributed by atoms with E-state index < -0.39 is 21.9 Å². The summed E-state index contributed by atoms with van der Waals surface area (Å²) < 4.78 is 26.0. The van der Waals surface area contributed by atoms with Gasteiger partial charge < -0.3 is 5.11 Å². The predicted octanol–water partition coefficient (Wildman–Crippen LogP) is 2.72. The minimum absolute atomic E-state index is 0.0468. The van der Waals surface area contributed by atoms with Crippen molar-refractivity contribution in [1.29, 1.82) is 0 Å². The van der Waals surface area contributed by atoms with Crippen LogP contribution in [0.15, 0.2) is 23.1 Å². The van der Waals surface area contributed by atoms with E-state index in [0.717, 1.165) is 4.31 Å². The summed E-state index contributed by atoms with van der Waals surface area (Å²) in [4.78, 5) is 10.8. The molecule has 0 spiro atoms. The molecule has 0 aliphatic carbocycles. The number of hydrogen-bond acceptors (Lipinski definition) is 3. The summed E-state index contributed by atoms with van der Waals surface area (Å²) in [5.41, 5.74) is 0. The molecule has 0 aromatic heterocycles. The van der Waals surface area contributed by atoms with Crippen LogP contribution in [0.4, 0.5) is 0 Å². The van der Waals surface area contributed by atoms with Gasteiger partial charge in [-0.15, -0.1) is 0 Å². The van der Waals surface area contributed by atoms with Crippen molar-refractivity contribution in [2.45, 2.75) is 18.7 Å². The Labute approximate surface area is 128 Å². The van der Waals surface area contributed by atoms with Gasteiger partial charge >= 0.3 is 5.97 Å². The van der Waals surface area contributed by atoms with Crippen LogP contribution in [0, 0.1) is 5.92 Å². The van der Waals surface area contributed by atoms with Gasteiger partial charge in [0.25, 0.3) is 0 Å². The molecular formula is C12H15Cl2NO4S. The largest absolute Gasteiger partial charge is 0.481 e. The lowest BCUT2D eigenvalue weighted by Gasteiger charge is -2.22. The minimum atomic E-state index is -3.82. The van der Waals surface area contributed by atoms with E-state index in [0.29, 0.717) is 0 Å². The van der Waals surface area contributed by atoms with Crippen molar-refractivity contribution < 1.29 is 18.3 Å². The SMILES string of the molecule is CCN(CC(C)C(=O)O)S(=O)(=O)c1cc(Cl)cc(Cl)c1. The Morgan fingerprint density at radius 2 is 1.80 bits per heavy atom. The van der Waals surface area contributed by atoms with Gasteiger partial charge in [0.15, 0.2) is 0 Å². The van der Waals surface area contributed by atoms with Crippen LogP contribution in [0.3, 0.4) is 0 Å². The summed E-state index contributed by atoms with van der Waals surface area (Å²) in [7, 11) is -3.82. The molecule has 20 heavy (non-hydrogen) atoms. The van der Waals surface area contributed by atoms with Gasteiger partial charge in [-0.2, -0.15) is 4.31 Å². The van der Waals surface area contributed by atoms with E-state index in [4.69, 9.17) is 28.3 Å². The van der Waals surface area contributed by atoms with Crippen molar-refractivity contribution in [3.63, 3.8) is 0 Å². The van der Waals surface area contributed by atoms with E-state index in [9.17, 15) is 13.2 Å². The van der Waals surface area contributed by atoms with Gasteiger partial charge in [-0.05, 0) is 18.2 Å². The Bertz CT molecular complexity index is 583. The number of hydrogen-bond donors (Lipinski definition) is 1. The van der Waals surface area contributed by atoms with Gasteiger partial charge in [-0.25, -0.2) is 8.42 Å². The predicted molar refractivity (Wildman–Crippen MR) is 77.7 cm³/mol. The summed E-state index contributed by atoms with van der Waals surface area (Å²) in [5, 5.41) is 9.30. The molecular weight excluding hydrogens is 325 g/mol. The normalized spacial score (nSPS) is 13.4. The molecule has 0 radical (unpaired) electrons. The van der Waals surface area contributed by atoms with E-state index in [1.54, 1.807) is 6.92 Å². The van der Waals surface area contributed by atoms with Crippen LogP contribution in [0.1, 0.15) is 13.8 Å². The summed E-state index contributed by atoms with van der Waals surface area (Å²) in [5.74, 6) is -1.86. The molecule has 8 heteroatoms. The summed E-state index contributed by atoms with van der Waals surface area (Å²) in [6, 6.07) is 4.01. The van der Waals surface area contributed by atoms with E-state index in [-0.39, 0.29) is 28.0 Å². The first-order valence-corrected chi connectivity index (χ1v) is 8.07. The van der Waals surface area contributed by atoms with Crippen molar-refractivity contribution in [2.24, 2.45) is 5.92 Å². The maximum atomic E-state index is 12.4. The topological polar surface area (TPSA) is 74.7 Å². The molecule has 112 valence electrons. The molecule has 1 N–H and O–H groups in total. The lowest BCUT2D eigenvalue weighted by molar-refractivity contribution is -0.141. The average molecular weight is 340 g/mol. The highest BCUT2D eigenvalue weighted by Gasteiger charge is 2.27. The first-order valence-electron chi connectivity index (χ1n) is 5.87. The quantitative estimate of drug-likeness (QED) is 0.864. The van der Waals surface area contributed by atoms with E-state index in [1.807, 2.05) is 0 Å². The van der Waals surface area contributed by atoms with Crippen LogP contribution >= 0.6 is 23.2 Å². The molecule has 1 rings (SSSR count). The smallest absolute Gasteiger partial charge is 0.307 e. The fraction of sp³-hybridized carbons (Fsp3) is 0.417. The summed E-state index contributed by atoms with van der Waals surface area (Å²) in [6.45, 7) is 3.13. The number of aliphatic carboxylic acids is 1. The molecule has 1 atom stereocenters. The van der Waals surface area contributed by atoms with Gasteiger partial charge in [0.2, 0.25) is 10.0 Å². The van der Waals surface area contributed by atoms with Gasteiger partial charge in [0.05, 0.1) is 10.8 Å². The number of carbonyl (C=O) groups is 1. The zero-order chi connectivity index (χ0) is 15.5. The number of rotatable bonds is 6. The highest BCUT2D eigenvalue weighted by atomic mass is 35.5. The van der Waals surface area contributed by atoms with Crippen LogP contribution in [-0.2, 0) is 14.8 Å². The maximum Gasteiger partial charge on any atom is 0.307 e. The van der Waals surface area contributed by atoms with Crippen LogP contribution in [0.5, 0.6) is 0 Å². The zero-order valence-corrected chi connectivity index (χ0v) is 13.3. The van der Waals surface area contributed by atoms with E-state index in [1.165, 1.54) is 25.1 Å². The monoisotopic (exact) mass is 339 g/mol. The van der Waals surface area contributed by atoms with Crippen LogP contribution in [-0.4, -0.2) is 36.9 Å². The molecule has 5 nitrogen and oxygen atoms in total. The molecule has 0 saturated heterocycles. The second-order valence-corrected chi connectivity index (χ2v) is 7.11. The summed E-state index contributed by atoms with van der Waals surface area (Å²) in [6.07, 6.45) is 0. The first kappa shape index (κ1) is 17.2. The Morgan fingerprint density at radius 1 is 1.30 bits per heavy atom. The zero-order valence-electron chi connectivity index (χ0n) is 11.0. The summed E-state index contributed by atoms with van der Waals surface area (Å²) >= 11 is 11.6. The third-order valence-electron chi connectivity index (χ3n) is 2.73. The maximum absolute atomic E-state index is 12.4.